The molecule has 0 saturated carbocycles. The fourth-order valence-corrected chi connectivity index (χ4v) is 3.37. The molecule has 0 aliphatic carbocycles. The lowest BCUT2D eigenvalue weighted by atomic mass is 10.0. The van der Waals surface area contributed by atoms with E-state index < -0.39 is 22.0 Å². The summed E-state index contributed by atoms with van der Waals surface area (Å²) in [7, 11) is -2.21. The van der Waals surface area contributed by atoms with Crippen LogP contribution in [0.1, 0.15) is 11.1 Å². The SMILES string of the molecule is C=CCNC(=O)C(Cc1ccccc1)N(Cc1ccccc1)C(=O)CN(C)S(C)(=O)=O. The minimum atomic E-state index is -3.55. The fourth-order valence-electron chi connectivity index (χ4n) is 3.02. The van der Waals surface area contributed by atoms with Gasteiger partial charge in [0.1, 0.15) is 6.04 Å². The Morgan fingerprint density at radius 1 is 1.03 bits per heavy atom. The number of hydrogen-bond acceptors (Lipinski definition) is 4. The molecule has 31 heavy (non-hydrogen) atoms. The van der Waals surface area contributed by atoms with Crippen molar-refractivity contribution in [2.45, 2.75) is 19.0 Å². The molecule has 2 aromatic rings. The van der Waals surface area contributed by atoms with E-state index in [4.69, 9.17) is 0 Å². The van der Waals surface area contributed by atoms with Gasteiger partial charge < -0.3 is 10.2 Å². The van der Waals surface area contributed by atoms with Crippen LogP contribution in [0.4, 0.5) is 0 Å². The van der Waals surface area contributed by atoms with Crippen molar-refractivity contribution in [1.82, 2.24) is 14.5 Å². The molecule has 0 bridgehead atoms. The van der Waals surface area contributed by atoms with E-state index in [-0.39, 0.29) is 25.5 Å². The van der Waals surface area contributed by atoms with E-state index in [0.29, 0.717) is 6.42 Å². The number of nitrogens with zero attached hydrogens (tertiary/aromatic N) is 2. The van der Waals surface area contributed by atoms with Crippen molar-refractivity contribution in [3.05, 3.63) is 84.4 Å². The van der Waals surface area contributed by atoms with E-state index in [1.807, 2.05) is 60.7 Å². The van der Waals surface area contributed by atoms with E-state index in [0.717, 1.165) is 21.7 Å². The number of amides is 2. The molecule has 0 heterocycles. The minimum absolute atomic E-state index is 0.177. The third kappa shape index (κ3) is 7.66. The number of sulfonamides is 1. The third-order valence-corrected chi connectivity index (χ3v) is 6.07. The first-order valence-electron chi connectivity index (χ1n) is 9.89. The van der Waals surface area contributed by atoms with Crippen molar-refractivity contribution < 1.29 is 18.0 Å². The molecule has 2 rings (SSSR count). The van der Waals surface area contributed by atoms with Gasteiger partial charge in [-0.3, -0.25) is 9.59 Å². The maximum atomic E-state index is 13.2. The Hall–Kier alpha value is -2.97. The molecular weight excluding hydrogens is 414 g/mol. The summed E-state index contributed by atoms with van der Waals surface area (Å²) < 4.78 is 24.7. The highest BCUT2D eigenvalue weighted by Gasteiger charge is 2.31. The highest BCUT2D eigenvalue weighted by Crippen LogP contribution is 2.15. The molecule has 0 saturated heterocycles. The van der Waals surface area contributed by atoms with E-state index in [1.54, 1.807) is 6.08 Å². The Labute approximate surface area is 184 Å². The maximum Gasteiger partial charge on any atom is 0.243 e. The number of carbonyl (C=O) groups is 2. The smallest absolute Gasteiger partial charge is 0.243 e. The van der Waals surface area contributed by atoms with Crippen LogP contribution in [0.25, 0.3) is 0 Å². The highest BCUT2D eigenvalue weighted by atomic mass is 32.2. The van der Waals surface area contributed by atoms with Gasteiger partial charge in [0.05, 0.1) is 12.8 Å². The van der Waals surface area contributed by atoms with E-state index in [9.17, 15) is 18.0 Å². The fraction of sp³-hybridized carbons (Fsp3) is 0.304. The first kappa shape index (κ1) is 24.3. The molecule has 0 radical (unpaired) electrons. The summed E-state index contributed by atoms with van der Waals surface area (Å²) in [5.41, 5.74) is 1.73. The van der Waals surface area contributed by atoms with Gasteiger partial charge in [0.2, 0.25) is 21.8 Å². The number of rotatable bonds is 11. The molecule has 8 heteroatoms. The van der Waals surface area contributed by atoms with Gasteiger partial charge in [-0.05, 0) is 11.1 Å². The summed E-state index contributed by atoms with van der Waals surface area (Å²) in [6.07, 6.45) is 2.91. The number of nitrogens with one attached hydrogen (secondary N) is 1. The quantitative estimate of drug-likeness (QED) is 0.537. The van der Waals surface area contributed by atoms with Crippen LogP contribution in [-0.2, 0) is 32.6 Å². The Balaban J connectivity index is 2.40. The molecule has 0 aromatic heterocycles. The van der Waals surface area contributed by atoms with Gasteiger partial charge in [-0.25, -0.2) is 8.42 Å². The largest absolute Gasteiger partial charge is 0.351 e. The lowest BCUT2D eigenvalue weighted by Gasteiger charge is -2.32. The van der Waals surface area contributed by atoms with E-state index in [2.05, 4.69) is 11.9 Å². The lowest BCUT2D eigenvalue weighted by Crippen LogP contribution is -2.53. The molecule has 0 aliphatic rings. The van der Waals surface area contributed by atoms with Gasteiger partial charge in [0.25, 0.3) is 0 Å². The Morgan fingerprint density at radius 2 is 1.58 bits per heavy atom. The average Bonchev–Trinajstić information content (AvgIpc) is 2.75. The Kier molecular flexibility index (Phi) is 8.96. The lowest BCUT2D eigenvalue weighted by molar-refractivity contribution is -0.141. The van der Waals surface area contributed by atoms with Crippen LogP contribution < -0.4 is 5.32 Å². The standard InChI is InChI=1S/C23H29N3O4S/c1-4-15-24-23(28)21(16-19-11-7-5-8-12-19)26(17-20-13-9-6-10-14-20)22(27)18-25(2)31(3,29)30/h4-14,21H,1,15-18H2,2-3H3,(H,24,28). The molecular formula is C23H29N3O4S. The summed E-state index contributed by atoms with van der Waals surface area (Å²) in [5.74, 6) is -0.776. The van der Waals surface area contributed by atoms with Crippen molar-refractivity contribution in [2.24, 2.45) is 0 Å². The van der Waals surface area contributed by atoms with Crippen molar-refractivity contribution in [2.75, 3.05) is 26.4 Å². The van der Waals surface area contributed by atoms with Gasteiger partial charge in [-0.1, -0.05) is 66.7 Å². The third-order valence-electron chi connectivity index (χ3n) is 4.81. The molecule has 7 nitrogen and oxygen atoms in total. The summed E-state index contributed by atoms with van der Waals surface area (Å²) in [5, 5.41) is 2.77. The second-order valence-corrected chi connectivity index (χ2v) is 9.36. The number of benzene rings is 2. The van der Waals surface area contributed by atoms with Gasteiger partial charge in [0, 0.05) is 26.6 Å². The number of likely N-dealkylation sites (N-methyl/N-ethyl adjacent to an activating group) is 1. The molecule has 0 aliphatic heterocycles. The number of carbonyl (C=O) groups excluding carboxylic acids is 2. The first-order valence-corrected chi connectivity index (χ1v) is 11.7. The molecule has 1 unspecified atom stereocenters. The Morgan fingerprint density at radius 3 is 2.10 bits per heavy atom. The summed E-state index contributed by atoms with van der Waals surface area (Å²) >= 11 is 0. The average molecular weight is 444 g/mol. The monoisotopic (exact) mass is 443 g/mol. The van der Waals surface area contributed by atoms with Crippen LogP contribution in [-0.4, -0.2) is 61.9 Å². The van der Waals surface area contributed by atoms with Crippen LogP contribution in [0.5, 0.6) is 0 Å². The van der Waals surface area contributed by atoms with Crippen LogP contribution in [0.2, 0.25) is 0 Å². The number of hydrogen-bond donors (Lipinski definition) is 1. The molecule has 2 amide bonds. The highest BCUT2D eigenvalue weighted by molar-refractivity contribution is 7.88. The van der Waals surface area contributed by atoms with Crippen molar-refractivity contribution in [3.8, 4) is 0 Å². The van der Waals surface area contributed by atoms with Gasteiger partial charge >= 0.3 is 0 Å². The molecule has 2 aromatic carbocycles. The summed E-state index contributed by atoms with van der Waals surface area (Å²) in [6, 6.07) is 17.9. The minimum Gasteiger partial charge on any atom is -0.351 e. The van der Waals surface area contributed by atoms with Crippen molar-refractivity contribution in [3.63, 3.8) is 0 Å². The second kappa shape index (κ2) is 11.4. The van der Waals surface area contributed by atoms with Crippen LogP contribution in [0, 0.1) is 0 Å². The van der Waals surface area contributed by atoms with Gasteiger partial charge in [0.15, 0.2) is 0 Å². The molecule has 0 fully saturated rings. The molecule has 1 atom stereocenters. The van der Waals surface area contributed by atoms with Crippen molar-refractivity contribution >= 4 is 21.8 Å². The zero-order chi connectivity index (χ0) is 22.9. The predicted octanol–water partition coefficient (Wildman–Crippen LogP) is 1.82. The molecule has 0 spiro atoms. The normalized spacial score (nSPS) is 12.2. The molecule has 1 N–H and O–H groups in total. The predicted molar refractivity (Wildman–Crippen MR) is 122 cm³/mol. The zero-order valence-corrected chi connectivity index (χ0v) is 18.7. The van der Waals surface area contributed by atoms with E-state index >= 15 is 0 Å². The van der Waals surface area contributed by atoms with Crippen LogP contribution in [0.3, 0.4) is 0 Å². The van der Waals surface area contributed by atoms with Gasteiger partial charge in [-0.15, -0.1) is 6.58 Å². The van der Waals surface area contributed by atoms with Crippen LogP contribution >= 0.6 is 0 Å². The van der Waals surface area contributed by atoms with Crippen molar-refractivity contribution in [1.29, 1.82) is 0 Å². The first-order chi connectivity index (χ1) is 14.7. The van der Waals surface area contributed by atoms with E-state index in [1.165, 1.54) is 11.9 Å². The topological polar surface area (TPSA) is 86.8 Å². The second-order valence-electron chi connectivity index (χ2n) is 7.27. The maximum absolute atomic E-state index is 13.2. The summed E-state index contributed by atoms with van der Waals surface area (Å²) in [4.78, 5) is 27.7. The van der Waals surface area contributed by atoms with Crippen LogP contribution in [0.15, 0.2) is 73.3 Å². The molecule has 166 valence electrons. The Bertz CT molecular complexity index is 978. The summed E-state index contributed by atoms with van der Waals surface area (Å²) in [6.45, 7) is 3.71. The zero-order valence-electron chi connectivity index (χ0n) is 17.9. The van der Waals surface area contributed by atoms with Gasteiger partial charge in [-0.2, -0.15) is 4.31 Å².